The molecule has 5 nitrogen and oxygen atoms in total. The predicted molar refractivity (Wildman–Crippen MR) is 123 cm³/mol. The zero-order valence-electron chi connectivity index (χ0n) is 17.2. The number of morpholine rings is 1. The molecule has 1 amide bonds. The maximum atomic E-state index is 12.7. The summed E-state index contributed by atoms with van der Waals surface area (Å²) < 4.78 is 10.9. The number of thioether (sulfide) groups is 1. The normalized spacial score (nSPS) is 15.8. The Morgan fingerprint density at radius 3 is 2.63 bits per heavy atom. The van der Waals surface area contributed by atoms with Crippen LogP contribution in [0.3, 0.4) is 0 Å². The van der Waals surface area contributed by atoms with Crippen LogP contribution < -0.4 is 5.32 Å². The molecule has 30 heavy (non-hydrogen) atoms. The Balaban J connectivity index is 1.73. The van der Waals surface area contributed by atoms with Gasteiger partial charge in [0.25, 0.3) is 5.91 Å². The number of thiophene rings is 1. The van der Waals surface area contributed by atoms with E-state index in [-0.39, 0.29) is 11.9 Å². The van der Waals surface area contributed by atoms with Crippen LogP contribution in [0.5, 0.6) is 0 Å². The number of carbonyl (C=O) groups excluding carboxylic acids is 1. The third-order valence-corrected chi connectivity index (χ3v) is 7.22. The monoisotopic (exact) mass is 442 g/mol. The van der Waals surface area contributed by atoms with E-state index in [4.69, 9.17) is 9.15 Å². The maximum absolute atomic E-state index is 12.7. The van der Waals surface area contributed by atoms with Crippen molar-refractivity contribution < 1.29 is 13.9 Å². The number of amides is 1. The highest BCUT2D eigenvalue weighted by atomic mass is 32.2. The molecule has 0 bridgehead atoms. The number of furan rings is 1. The second-order valence-corrected chi connectivity index (χ2v) is 9.12. The second kappa shape index (κ2) is 9.83. The third kappa shape index (κ3) is 4.64. The first-order valence-corrected chi connectivity index (χ1v) is 12.2. The number of benzene rings is 1. The van der Waals surface area contributed by atoms with Crippen LogP contribution in [0.1, 0.15) is 39.5 Å². The molecular weight excluding hydrogens is 416 g/mol. The van der Waals surface area contributed by atoms with Gasteiger partial charge in [0.05, 0.1) is 25.5 Å². The minimum Gasteiger partial charge on any atom is -0.459 e. The van der Waals surface area contributed by atoms with Crippen LogP contribution >= 0.6 is 23.1 Å². The summed E-state index contributed by atoms with van der Waals surface area (Å²) in [4.78, 5) is 17.6. The van der Waals surface area contributed by atoms with Crippen molar-refractivity contribution in [3.8, 4) is 0 Å². The Hall–Kier alpha value is -2.06. The standard InChI is InChI=1S/C23H26N2O3S2/c1-3-17-15-19(23(30-17)24-22(26)20-5-4-12-28-20)21(25-10-13-27-14-11-25)16-6-8-18(29-2)9-7-16/h4-9,12,15,21H,3,10-11,13-14H2,1-2H3,(H,24,26). The van der Waals surface area contributed by atoms with Gasteiger partial charge in [-0.05, 0) is 48.6 Å². The number of hydrogen-bond acceptors (Lipinski definition) is 6. The van der Waals surface area contributed by atoms with Crippen molar-refractivity contribution in [2.75, 3.05) is 37.9 Å². The molecule has 3 aromatic rings. The molecule has 4 rings (SSSR count). The van der Waals surface area contributed by atoms with Crippen molar-refractivity contribution >= 4 is 34.0 Å². The number of rotatable bonds is 7. The molecule has 0 saturated carbocycles. The smallest absolute Gasteiger partial charge is 0.291 e. The topological polar surface area (TPSA) is 54.7 Å². The lowest BCUT2D eigenvalue weighted by molar-refractivity contribution is 0.0241. The summed E-state index contributed by atoms with van der Waals surface area (Å²) in [5, 5.41) is 3.99. The van der Waals surface area contributed by atoms with Crippen LogP contribution in [0.15, 0.2) is 58.0 Å². The molecule has 1 aliphatic heterocycles. The lowest BCUT2D eigenvalue weighted by Crippen LogP contribution is -2.39. The fourth-order valence-electron chi connectivity index (χ4n) is 3.71. The van der Waals surface area contributed by atoms with Gasteiger partial charge in [-0.3, -0.25) is 9.69 Å². The van der Waals surface area contributed by atoms with Crippen LogP contribution in [-0.2, 0) is 11.2 Å². The van der Waals surface area contributed by atoms with Gasteiger partial charge in [-0.2, -0.15) is 0 Å². The molecule has 3 heterocycles. The number of anilines is 1. The first-order valence-electron chi connectivity index (χ1n) is 10.1. The third-order valence-electron chi connectivity index (χ3n) is 5.27. The highest BCUT2D eigenvalue weighted by Crippen LogP contribution is 2.40. The lowest BCUT2D eigenvalue weighted by atomic mass is 9.97. The van der Waals surface area contributed by atoms with Crippen LogP contribution in [0, 0.1) is 0 Å². The Morgan fingerprint density at radius 1 is 1.23 bits per heavy atom. The van der Waals surface area contributed by atoms with Gasteiger partial charge in [0.15, 0.2) is 5.76 Å². The number of ether oxygens (including phenoxy) is 1. The minimum atomic E-state index is -0.218. The van der Waals surface area contributed by atoms with Crippen molar-refractivity contribution in [2.24, 2.45) is 0 Å². The van der Waals surface area contributed by atoms with E-state index in [2.05, 4.69) is 53.7 Å². The molecule has 1 saturated heterocycles. The van der Waals surface area contributed by atoms with Gasteiger partial charge >= 0.3 is 0 Å². The Labute approximate surface area is 185 Å². The molecule has 1 N–H and O–H groups in total. The Kier molecular flexibility index (Phi) is 6.94. The van der Waals surface area contributed by atoms with Gasteiger partial charge in [0, 0.05) is 28.4 Å². The summed E-state index contributed by atoms with van der Waals surface area (Å²) in [5.41, 5.74) is 2.36. The van der Waals surface area contributed by atoms with Crippen molar-refractivity contribution in [2.45, 2.75) is 24.3 Å². The summed E-state index contributed by atoms with van der Waals surface area (Å²) in [6.45, 7) is 5.30. The molecule has 2 aromatic heterocycles. The van der Waals surface area contributed by atoms with Crippen LogP contribution in [0.25, 0.3) is 0 Å². The summed E-state index contributed by atoms with van der Waals surface area (Å²) in [6, 6.07) is 14.5. The van der Waals surface area contributed by atoms with Crippen molar-refractivity contribution in [3.63, 3.8) is 0 Å². The average Bonchev–Trinajstić information content (AvgIpc) is 3.46. The highest BCUT2D eigenvalue weighted by Gasteiger charge is 2.29. The number of nitrogens with zero attached hydrogens (tertiary/aromatic N) is 1. The van der Waals surface area contributed by atoms with Gasteiger partial charge in [0.2, 0.25) is 0 Å². The summed E-state index contributed by atoms with van der Waals surface area (Å²) in [7, 11) is 0. The SMILES string of the molecule is CCc1cc(C(c2ccc(SC)cc2)N2CCOCC2)c(NC(=O)c2ccco2)s1. The van der Waals surface area contributed by atoms with Crippen molar-refractivity contribution in [1.29, 1.82) is 0 Å². The van der Waals surface area contributed by atoms with E-state index in [1.165, 1.54) is 21.6 Å². The molecule has 0 radical (unpaired) electrons. The number of aryl methyl sites for hydroxylation is 1. The highest BCUT2D eigenvalue weighted by molar-refractivity contribution is 7.98. The van der Waals surface area contributed by atoms with Gasteiger partial charge in [0.1, 0.15) is 5.00 Å². The Bertz CT molecular complexity index is 961. The largest absolute Gasteiger partial charge is 0.459 e. The van der Waals surface area contributed by atoms with E-state index < -0.39 is 0 Å². The molecule has 1 unspecified atom stereocenters. The van der Waals surface area contributed by atoms with Gasteiger partial charge in [-0.15, -0.1) is 23.1 Å². The Morgan fingerprint density at radius 2 is 2.00 bits per heavy atom. The molecule has 1 aliphatic rings. The van der Waals surface area contributed by atoms with Crippen LogP contribution in [-0.4, -0.2) is 43.4 Å². The van der Waals surface area contributed by atoms with Gasteiger partial charge in [-0.1, -0.05) is 19.1 Å². The number of carbonyl (C=O) groups is 1. The molecule has 1 aromatic carbocycles. The van der Waals surface area contributed by atoms with Crippen molar-refractivity contribution in [1.82, 2.24) is 4.90 Å². The average molecular weight is 443 g/mol. The van der Waals surface area contributed by atoms with E-state index in [0.717, 1.165) is 43.3 Å². The first kappa shape index (κ1) is 21.2. The summed E-state index contributed by atoms with van der Waals surface area (Å²) in [6.07, 6.45) is 4.53. The van der Waals surface area contributed by atoms with E-state index in [1.54, 1.807) is 35.2 Å². The zero-order valence-corrected chi connectivity index (χ0v) is 18.9. The van der Waals surface area contributed by atoms with E-state index in [9.17, 15) is 4.79 Å². The lowest BCUT2D eigenvalue weighted by Gasteiger charge is -2.35. The molecule has 0 spiro atoms. The molecular formula is C23H26N2O3S2. The van der Waals surface area contributed by atoms with Crippen LogP contribution in [0.4, 0.5) is 5.00 Å². The fourth-order valence-corrected chi connectivity index (χ4v) is 5.15. The molecule has 0 aliphatic carbocycles. The summed E-state index contributed by atoms with van der Waals surface area (Å²) in [5.74, 6) is 0.101. The van der Waals surface area contributed by atoms with E-state index in [0.29, 0.717) is 5.76 Å². The molecule has 1 atom stereocenters. The van der Waals surface area contributed by atoms with Gasteiger partial charge in [-0.25, -0.2) is 0 Å². The van der Waals surface area contributed by atoms with Crippen LogP contribution in [0.2, 0.25) is 0 Å². The number of hydrogen-bond donors (Lipinski definition) is 1. The second-order valence-electron chi connectivity index (χ2n) is 7.11. The number of nitrogens with one attached hydrogen (secondary N) is 1. The summed E-state index contributed by atoms with van der Waals surface area (Å²) >= 11 is 3.38. The maximum Gasteiger partial charge on any atom is 0.291 e. The molecule has 1 fully saturated rings. The predicted octanol–water partition coefficient (Wildman–Crippen LogP) is 5.30. The van der Waals surface area contributed by atoms with Crippen molar-refractivity contribution in [3.05, 3.63) is 70.5 Å². The van der Waals surface area contributed by atoms with E-state index in [1.807, 2.05) is 0 Å². The first-order chi connectivity index (χ1) is 14.7. The van der Waals surface area contributed by atoms with E-state index >= 15 is 0 Å². The fraction of sp³-hybridized carbons (Fsp3) is 0.348. The van der Waals surface area contributed by atoms with Gasteiger partial charge < -0.3 is 14.5 Å². The minimum absolute atomic E-state index is 0.0632. The molecule has 158 valence electrons. The molecule has 7 heteroatoms. The quantitative estimate of drug-likeness (QED) is 0.503. The zero-order chi connectivity index (χ0) is 20.9.